The first kappa shape index (κ1) is 13.1. The van der Waals surface area contributed by atoms with Crippen LogP contribution in [0.15, 0.2) is 21.0 Å². The molecule has 2 aromatic rings. The van der Waals surface area contributed by atoms with Gasteiger partial charge in [0, 0.05) is 6.04 Å². The van der Waals surface area contributed by atoms with Crippen LogP contribution in [-0.2, 0) is 11.3 Å². The van der Waals surface area contributed by atoms with Crippen molar-refractivity contribution in [1.29, 1.82) is 0 Å². The van der Waals surface area contributed by atoms with E-state index in [1.807, 2.05) is 0 Å². The van der Waals surface area contributed by atoms with Crippen molar-refractivity contribution in [3.05, 3.63) is 32.3 Å². The van der Waals surface area contributed by atoms with Crippen LogP contribution >= 0.6 is 11.3 Å². The molecule has 3 rings (SSSR count). The molecule has 2 aromatic heterocycles. The third-order valence-corrected chi connectivity index (χ3v) is 4.52. The largest absolute Gasteiger partial charge is 0.352 e. The molecule has 20 heavy (non-hydrogen) atoms. The first-order valence-electron chi connectivity index (χ1n) is 6.65. The minimum Gasteiger partial charge on any atom is -0.352 e. The number of hydrogen-bond donors (Lipinski definition) is 2. The molecule has 1 saturated carbocycles. The maximum absolute atomic E-state index is 12.2. The number of carbonyl (C=O) groups excluding carboxylic acids is 1. The molecule has 2 N–H and O–H groups in total. The molecule has 1 aliphatic carbocycles. The Morgan fingerprint density at radius 2 is 2.15 bits per heavy atom. The van der Waals surface area contributed by atoms with Gasteiger partial charge in [0.15, 0.2) is 0 Å². The van der Waals surface area contributed by atoms with E-state index in [9.17, 15) is 14.4 Å². The summed E-state index contributed by atoms with van der Waals surface area (Å²) in [5.41, 5.74) is -0.416. The Morgan fingerprint density at radius 1 is 1.40 bits per heavy atom. The van der Waals surface area contributed by atoms with Gasteiger partial charge in [-0.3, -0.25) is 9.59 Å². The first-order valence-corrected chi connectivity index (χ1v) is 7.53. The van der Waals surface area contributed by atoms with Crippen molar-refractivity contribution in [3.63, 3.8) is 0 Å². The number of nitrogens with zero attached hydrogens (tertiary/aromatic N) is 1. The second-order valence-electron chi connectivity index (χ2n) is 5.03. The van der Waals surface area contributed by atoms with Crippen molar-refractivity contribution in [2.24, 2.45) is 0 Å². The fourth-order valence-electron chi connectivity index (χ4n) is 2.60. The number of thiophene rings is 1. The van der Waals surface area contributed by atoms with Crippen LogP contribution in [0, 0.1) is 0 Å². The Kier molecular flexibility index (Phi) is 3.43. The monoisotopic (exact) mass is 293 g/mol. The smallest absolute Gasteiger partial charge is 0.329 e. The lowest BCUT2D eigenvalue weighted by molar-refractivity contribution is -0.122. The molecule has 1 aliphatic rings. The van der Waals surface area contributed by atoms with Crippen LogP contribution in [0.4, 0.5) is 0 Å². The van der Waals surface area contributed by atoms with E-state index in [4.69, 9.17) is 0 Å². The van der Waals surface area contributed by atoms with E-state index in [1.54, 1.807) is 11.4 Å². The van der Waals surface area contributed by atoms with E-state index in [0.717, 1.165) is 30.3 Å². The van der Waals surface area contributed by atoms with Gasteiger partial charge < -0.3 is 10.3 Å². The lowest BCUT2D eigenvalue weighted by Crippen LogP contribution is -2.42. The molecule has 0 saturated heterocycles. The highest BCUT2D eigenvalue weighted by atomic mass is 32.1. The van der Waals surface area contributed by atoms with E-state index in [2.05, 4.69) is 10.3 Å². The van der Waals surface area contributed by atoms with Gasteiger partial charge in [-0.15, -0.1) is 11.3 Å². The van der Waals surface area contributed by atoms with Gasteiger partial charge in [0.05, 0.1) is 5.52 Å². The van der Waals surface area contributed by atoms with Crippen molar-refractivity contribution in [2.75, 3.05) is 0 Å². The van der Waals surface area contributed by atoms with Crippen molar-refractivity contribution in [3.8, 4) is 0 Å². The zero-order valence-electron chi connectivity index (χ0n) is 10.8. The molecule has 6 nitrogen and oxygen atoms in total. The highest BCUT2D eigenvalue weighted by Crippen LogP contribution is 2.17. The van der Waals surface area contributed by atoms with Crippen LogP contribution in [0.5, 0.6) is 0 Å². The molecular formula is C13H15N3O3S. The van der Waals surface area contributed by atoms with Gasteiger partial charge in [0.1, 0.15) is 11.2 Å². The van der Waals surface area contributed by atoms with Crippen molar-refractivity contribution in [2.45, 2.75) is 38.3 Å². The third kappa shape index (κ3) is 2.40. The standard InChI is InChI=1S/C13H15N3O3S/c17-10(14-8-3-1-2-4-8)7-16-12(18)11-9(5-6-20-11)15-13(16)19/h5-6,8H,1-4,7H2,(H,14,17)(H,15,19). The number of rotatable bonds is 3. The molecule has 0 aliphatic heterocycles. The number of amides is 1. The summed E-state index contributed by atoms with van der Waals surface area (Å²) in [5.74, 6) is -0.277. The van der Waals surface area contributed by atoms with Crippen molar-refractivity contribution < 1.29 is 4.79 Å². The lowest BCUT2D eigenvalue weighted by atomic mass is 10.2. The van der Waals surface area contributed by atoms with E-state index in [1.165, 1.54) is 11.3 Å². The molecule has 2 heterocycles. The van der Waals surface area contributed by atoms with Gasteiger partial charge in [-0.1, -0.05) is 12.8 Å². The molecule has 106 valence electrons. The van der Waals surface area contributed by atoms with Crippen LogP contribution in [0.1, 0.15) is 25.7 Å². The summed E-state index contributed by atoms with van der Waals surface area (Å²) < 4.78 is 1.43. The molecule has 0 spiro atoms. The SMILES string of the molecule is O=C(Cn1c(=O)[nH]c2ccsc2c1=O)NC1CCCC1. The van der Waals surface area contributed by atoms with E-state index < -0.39 is 11.2 Å². The van der Waals surface area contributed by atoms with Crippen LogP contribution < -0.4 is 16.6 Å². The van der Waals surface area contributed by atoms with Crippen LogP contribution in [-0.4, -0.2) is 21.5 Å². The molecule has 0 aromatic carbocycles. The summed E-state index contributed by atoms with van der Waals surface area (Å²) in [6.07, 6.45) is 4.18. The minimum absolute atomic E-state index is 0.183. The Balaban J connectivity index is 1.84. The van der Waals surface area contributed by atoms with Gasteiger partial charge in [0.2, 0.25) is 5.91 Å². The highest BCUT2D eigenvalue weighted by molar-refractivity contribution is 7.17. The molecular weight excluding hydrogens is 278 g/mol. The van der Waals surface area contributed by atoms with E-state index in [-0.39, 0.29) is 18.5 Å². The summed E-state index contributed by atoms with van der Waals surface area (Å²) in [4.78, 5) is 38.6. The van der Waals surface area contributed by atoms with Gasteiger partial charge in [-0.2, -0.15) is 0 Å². The van der Waals surface area contributed by atoms with Gasteiger partial charge >= 0.3 is 5.69 Å². The quantitative estimate of drug-likeness (QED) is 0.878. The lowest BCUT2D eigenvalue weighted by Gasteiger charge is -2.12. The zero-order valence-corrected chi connectivity index (χ0v) is 11.7. The Morgan fingerprint density at radius 3 is 2.90 bits per heavy atom. The van der Waals surface area contributed by atoms with Gasteiger partial charge in [0.25, 0.3) is 5.56 Å². The second-order valence-corrected chi connectivity index (χ2v) is 5.95. The number of hydrogen-bond acceptors (Lipinski definition) is 4. The summed E-state index contributed by atoms with van der Waals surface area (Å²) in [6, 6.07) is 1.87. The van der Waals surface area contributed by atoms with Crippen LogP contribution in [0.3, 0.4) is 0 Å². The van der Waals surface area contributed by atoms with Crippen LogP contribution in [0.2, 0.25) is 0 Å². The van der Waals surface area contributed by atoms with Crippen molar-refractivity contribution >= 4 is 27.5 Å². The predicted octanol–water partition coefficient (Wildman–Crippen LogP) is 0.810. The number of carbonyl (C=O) groups is 1. The van der Waals surface area contributed by atoms with Gasteiger partial charge in [-0.25, -0.2) is 9.36 Å². The Labute approximate surface area is 118 Å². The minimum atomic E-state index is -0.539. The molecule has 0 radical (unpaired) electrons. The average molecular weight is 293 g/mol. The van der Waals surface area contributed by atoms with Crippen LogP contribution in [0.25, 0.3) is 10.2 Å². The Hall–Kier alpha value is -1.89. The number of aromatic amines is 1. The van der Waals surface area contributed by atoms with Gasteiger partial charge in [-0.05, 0) is 24.3 Å². The van der Waals surface area contributed by atoms with E-state index >= 15 is 0 Å². The maximum Gasteiger partial charge on any atom is 0.329 e. The zero-order chi connectivity index (χ0) is 14.1. The molecule has 1 amide bonds. The third-order valence-electron chi connectivity index (χ3n) is 3.61. The molecule has 0 unspecified atom stereocenters. The topological polar surface area (TPSA) is 84.0 Å². The number of H-pyrrole nitrogens is 1. The predicted molar refractivity (Wildman–Crippen MR) is 77.1 cm³/mol. The Bertz CT molecular complexity index is 752. The molecule has 7 heteroatoms. The summed E-state index contributed by atoms with van der Waals surface area (Å²) in [5, 5.41) is 4.62. The van der Waals surface area contributed by atoms with E-state index in [0.29, 0.717) is 10.2 Å². The van der Waals surface area contributed by atoms with Crippen molar-refractivity contribution in [1.82, 2.24) is 14.9 Å². The number of fused-ring (bicyclic) bond motifs is 1. The summed E-state index contributed by atoms with van der Waals surface area (Å²) in [7, 11) is 0. The molecule has 1 fully saturated rings. The maximum atomic E-state index is 12.2. The number of aromatic nitrogens is 2. The second kappa shape index (κ2) is 5.24. The molecule has 0 bridgehead atoms. The molecule has 0 atom stereocenters. The first-order chi connectivity index (χ1) is 9.65. The summed E-state index contributed by atoms with van der Waals surface area (Å²) in [6.45, 7) is -0.224. The summed E-state index contributed by atoms with van der Waals surface area (Å²) >= 11 is 1.26. The fourth-order valence-corrected chi connectivity index (χ4v) is 3.40. The average Bonchev–Trinajstić information content (AvgIpc) is 3.05. The highest BCUT2D eigenvalue weighted by Gasteiger charge is 2.18. The fraction of sp³-hybridized carbons (Fsp3) is 0.462. The number of nitrogens with one attached hydrogen (secondary N) is 2. The normalized spacial score (nSPS) is 15.8.